The summed E-state index contributed by atoms with van der Waals surface area (Å²) in [5, 5.41) is 3.88. The minimum atomic E-state index is -0.233. The number of para-hydroxylation sites is 3. The van der Waals surface area contributed by atoms with Gasteiger partial charge in [0.25, 0.3) is 0 Å². The maximum absolute atomic E-state index is 9.65. The second-order valence-corrected chi connectivity index (χ2v) is 11.4. The molecule has 0 unspecified atom stereocenters. The van der Waals surface area contributed by atoms with E-state index in [1.54, 1.807) is 0 Å². The van der Waals surface area contributed by atoms with Crippen molar-refractivity contribution in [1.82, 2.24) is 4.57 Å². The number of rotatable bonds is 2. The molecule has 0 radical (unpaired) electrons. The van der Waals surface area contributed by atoms with E-state index in [2.05, 4.69) is 56.3 Å². The van der Waals surface area contributed by atoms with Crippen LogP contribution < -0.4 is 0 Å². The molecular formula is C39H27NO. The van der Waals surface area contributed by atoms with Gasteiger partial charge in [-0.05, 0) is 64.2 Å². The van der Waals surface area contributed by atoms with E-state index in [1.807, 2.05) is 65.2 Å². The molecule has 1 aliphatic rings. The molecule has 0 saturated heterocycles. The fourth-order valence-electron chi connectivity index (χ4n) is 6.93. The number of aromatic nitrogens is 1. The van der Waals surface area contributed by atoms with Crippen LogP contribution in [0.15, 0.2) is 132 Å². The zero-order valence-electron chi connectivity index (χ0n) is 26.7. The Morgan fingerprint density at radius 1 is 0.634 bits per heavy atom. The molecule has 9 rings (SSSR count). The molecule has 0 aliphatic heterocycles. The van der Waals surface area contributed by atoms with Gasteiger partial charge in [0.2, 0.25) is 0 Å². The van der Waals surface area contributed by atoms with E-state index in [4.69, 9.17) is 7.16 Å². The van der Waals surface area contributed by atoms with Gasteiger partial charge in [-0.3, -0.25) is 0 Å². The molecule has 2 aromatic heterocycles. The lowest BCUT2D eigenvalue weighted by atomic mass is 9.82. The van der Waals surface area contributed by atoms with E-state index in [0.29, 0.717) is 16.8 Å². The summed E-state index contributed by atoms with van der Waals surface area (Å²) >= 11 is 0. The summed E-state index contributed by atoms with van der Waals surface area (Å²) in [7, 11) is 0. The first kappa shape index (κ1) is 19.1. The minimum Gasteiger partial charge on any atom is -0.455 e. The molecule has 0 spiro atoms. The highest BCUT2D eigenvalue weighted by atomic mass is 16.3. The van der Waals surface area contributed by atoms with Crippen molar-refractivity contribution in [3.63, 3.8) is 0 Å². The summed E-state index contributed by atoms with van der Waals surface area (Å²) < 4.78 is 45.1. The van der Waals surface area contributed by atoms with Gasteiger partial charge in [0.15, 0.2) is 0 Å². The third kappa shape index (κ3) is 3.02. The highest BCUT2D eigenvalue weighted by Gasteiger charge is 2.36. The molecule has 41 heavy (non-hydrogen) atoms. The fraction of sp³-hybridized carbons (Fsp3) is 0.0769. The number of fused-ring (bicyclic) bond motifs is 9. The third-order valence-corrected chi connectivity index (χ3v) is 8.88. The Kier molecular flexibility index (Phi) is 3.72. The van der Waals surface area contributed by atoms with Gasteiger partial charge in [0.05, 0.1) is 16.5 Å². The number of hydrogen-bond acceptors (Lipinski definition) is 1. The van der Waals surface area contributed by atoms with Gasteiger partial charge in [-0.25, -0.2) is 0 Å². The Balaban J connectivity index is 1.40. The van der Waals surface area contributed by atoms with Gasteiger partial charge >= 0.3 is 0 Å². The normalized spacial score (nSPS) is 15.2. The summed E-state index contributed by atoms with van der Waals surface area (Å²) in [6.07, 6.45) is 0. The largest absolute Gasteiger partial charge is 0.455 e. The summed E-state index contributed by atoms with van der Waals surface area (Å²) in [6.45, 7) is 4.48. The molecule has 0 saturated carbocycles. The lowest BCUT2D eigenvalue weighted by Crippen LogP contribution is -2.14. The Labute approximate surface area is 243 Å². The van der Waals surface area contributed by atoms with Gasteiger partial charge < -0.3 is 8.98 Å². The molecule has 0 fully saturated rings. The Hall–Kier alpha value is -5.08. The van der Waals surface area contributed by atoms with Gasteiger partial charge in [-0.15, -0.1) is 0 Å². The molecule has 1 aliphatic carbocycles. The first-order valence-electron chi connectivity index (χ1n) is 16.0. The molecule has 0 atom stereocenters. The van der Waals surface area contributed by atoms with E-state index in [9.17, 15) is 2.74 Å². The van der Waals surface area contributed by atoms with Crippen molar-refractivity contribution >= 4 is 43.7 Å². The number of benzene rings is 6. The van der Waals surface area contributed by atoms with E-state index in [1.165, 1.54) is 22.3 Å². The predicted molar refractivity (Wildman–Crippen MR) is 171 cm³/mol. The molecule has 194 valence electrons. The maximum atomic E-state index is 9.65. The van der Waals surface area contributed by atoms with Crippen LogP contribution in [0.25, 0.3) is 71.7 Å². The molecule has 6 aromatic carbocycles. The Morgan fingerprint density at radius 3 is 2.32 bits per heavy atom. The van der Waals surface area contributed by atoms with Crippen molar-refractivity contribution in [3.05, 3.63) is 138 Å². The summed E-state index contributed by atoms with van der Waals surface area (Å²) in [6, 6.07) is 34.1. The zero-order valence-corrected chi connectivity index (χ0v) is 22.7. The first-order chi connectivity index (χ1) is 21.8. The van der Waals surface area contributed by atoms with E-state index >= 15 is 0 Å². The van der Waals surface area contributed by atoms with E-state index < -0.39 is 0 Å². The standard InChI is InChI=1S/C39H27NO/c1-39(2)33-18-6-3-13-27(33)31-22-32-28-14-4-7-19-35(28)40(36(32)23-34(31)39)25-12-9-11-24(21-25)26-16-10-17-30-29-15-5-8-20-37(29)41-38(26)30/h3-23H,1-2H3/i9D,11D,12D,21D. The van der Waals surface area contributed by atoms with E-state index in [0.717, 1.165) is 38.2 Å². The van der Waals surface area contributed by atoms with Crippen molar-refractivity contribution in [2.45, 2.75) is 19.3 Å². The van der Waals surface area contributed by atoms with Crippen LogP contribution in [0.4, 0.5) is 0 Å². The average Bonchev–Trinajstić information content (AvgIpc) is 3.66. The lowest BCUT2D eigenvalue weighted by Gasteiger charge is -2.21. The average molecular weight is 530 g/mol. The smallest absolute Gasteiger partial charge is 0.143 e. The minimum absolute atomic E-state index is 0.0275. The van der Waals surface area contributed by atoms with Crippen LogP contribution >= 0.6 is 0 Å². The highest BCUT2D eigenvalue weighted by molar-refractivity contribution is 6.12. The SMILES string of the molecule is [2H]c1c([2H])c(-c2cccc3c2oc2ccccc23)c([2H])c(-n2c3ccccc3c3cc4c(cc32)C(C)(C)c2ccccc2-4)c1[2H]. The quantitative estimate of drug-likeness (QED) is 0.218. The van der Waals surface area contributed by atoms with Crippen LogP contribution in [0.3, 0.4) is 0 Å². The van der Waals surface area contributed by atoms with Crippen LogP contribution in [0.5, 0.6) is 0 Å². The zero-order chi connectivity index (χ0) is 30.8. The predicted octanol–water partition coefficient (Wildman–Crippen LogP) is 10.7. The number of nitrogens with zero attached hydrogens (tertiary/aromatic N) is 1. The second-order valence-electron chi connectivity index (χ2n) is 11.4. The highest BCUT2D eigenvalue weighted by Crippen LogP contribution is 2.51. The van der Waals surface area contributed by atoms with Gasteiger partial charge in [-0.2, -0.15) is 0 Å². The molecule has 0 N–H and O–H groups in total. The lowest BCUT2D eigenvalue weighted by molar-refractivity contribution is 0.661. The van der Waals surface area contributed by atoms with E-state index in [-0.39, 0.29) is 35.1 Å². The Bertz CT molecular complexity index is 2570. The van der Waals surface area contributed by atoms with Crippen LogP contribution in [0.2, 0.25) is 0 Å². The number of furan rings is 1. The van der Waals surface area contributed by atoms with Gasteiger partial charge in [-0.1, -0.05) is 105 Å². The molecule has 2 heterocycles. The molecular weight excluding hydrogens is 498 g/mol. The molecule has 8 aromatic rings. The summed E-state index contributed by atoms with van der Waals surface area (Å²) in [4.78, 5) is 0. The van der Waals surface area contributed by atoms with Crippen LogP contribution in [-0.2, 0) is 5.41 Å². The molecule has 0 amide bonds. The van der Waals surface area contributed by atoms with Crippen molar-refractivity contribution in [2.24, 2.45) is 0 Å². The molecule has 2 nitrogen and oxygen atoms in total. The number of hydrogen-bond donors (Lipinski definition) is 0. The van der Waals surface area contributed by atoms with Crippen LogP contribution in [0.1, 0.15) is 30.5 Å². The van der Waals surface area contributed by atoms with Crippen LogP contribution in [-0.4, -0.2) is 4.57 Å². The van der Waals surface area contributed by atoms with Crippen LogP contribution in [0, 0.1) is 0 Å². The Morgan fingerprint density at radius 2 is 1.39 bits per heavy atom. The summed E-state index contributed by atoms with van der Waals surface area (Å²) in [5.41, 5.74) is 8.84. The summed E-state index contributed by atoms with van der Waals surface area (Å²) in [5.74, 6) is 0. The van der Waals surface area contributed by atoms with Crippen molar-refractivity contribution in [1.29, 1.82) is 0 Å². The monoisotopic (exact) mass is 529 g/mol. The maximum Gasteiger partial charge on any atom is 0.143 e. The fourth-order valence-corrected chi connectivity index (χ4v) is 6.93. The third-order valence-electron chi connectivity index (χ3n) is 8.88. The first-order valence-corrected chi connectivity index (χ1v) is 14.0. The van der Waals surface area contributed by atoms with Crippen molar-refractivity contribution in [2.75, 3.05) is 0 Å². The van der Waals surface area contributed by atoms with Crippen molar-refractivity contribution < 1.29 is 9.90 Å². The molecule has 2 heteroatoms. The topological polar surface area (TPSA) is 18.1 Å². The van der Waals surface area contributed by atoms with Gasteiger partial charge in [0, 0.05) is 38.2 Å². The van der Waals surface area contributed by atoms with Crippen molar-refractivity contribution in [3.8, 4) is 27.9 Å². The van der Waals surface area contributed by atoms with Gasteiger partial charge in [0.1, 0.15) is 11.2 Å². The second kappa shape index (κ2) is 7.99. The molecule has 0 bridgehead atoms.